The van der Waals surface area contributed by atoms with Gasteiger partial charge in [0.05, 0.1) is 6.10 Å². The Morgan fingerprint density at radius 3 is 2.71 bits per heavy atom. The molecule has 3 nitrogen and oxygen atoms in total. The van der Waals surface area contributed by atoms with E-state index in [2.05, 4.69) is 33.0 Å². The van der Waals surface area contributed by atoms with Crippen molar-refractivity contribution in [2.75, 3.05) is 19.6 Å². The number of aliphatic hydroxyl groups excluding tert-OH is 1. The van der Waals surface area contributed by atoms with E-state index in [1.165, 1.54) is 5.56 Å². The highest BCUT2D eigenvalue weighted by molar-refractivity contribution is 9.10. The number of benzene rings is 1. The van der Waals surface area contributed by atoms with Gasteiger partial charge in [-0.1, -0.05) is 28.1 Å². The minimum Gasteiger partial charge on any atom is -0.392 e. The first kappa shape index (κ1) is 13.0. The molecule has 4 heteroatoms. The van der Waals surface area contributed by atoms with E-state index in [0.29, 0.717) is 6.54 Å². The maximum atomic E-state index is 9.73. The quantitative estimate of drug-likeness (QED) is 0.896. The molecule has 1 aliphatic rings. The minimum atomic E-state index is -0.201. The molecule has 1 aliphatic heterocycles. The third kappa shape index (κ3) is 3.28. The maximum Gasteiger partial charge on any atom is 0.0667 e. The van der Waals surface area contributed by atoms with Gasteiger partial charge in [-0.05, 0) is 37.1 Å². The Hall–Kier alpha value is -0.420. The van der Waals surface area contributed by atoms with Crippen molar-refractivity contribution in [2.45, 2.75) is 25.0 Å². The molecule has 94 valence electrons. The van der Waals surface area contributed by atoms with E-state index in [-0.39, 0.29) is 12.1 Å². The number of rotatable bonds is 3. The summed E-state index contributed by atoms with van der Waals surface area (Å²) in [5.41, 5.74) is 7.11. The molecule has 1 saturated heterocycles. The lowest BCUT2D eigenvalue weighted by atomic mass is 10.0. The summed E-state index contributed by atoms with van der Waals surface area (Å²) in [7, 11) is 0. The third-order valence-corrected chi connectivity index (χ3v) is 3.88. The van der Waals surface area contributed by atoms with Crippen molar-refractivity contribution >= 4 is 15.9 Å². The summed E-state index contributed by atoms with van der Waals surface area (Å²) in [6.45, 7) is 2.35. The minimum absolute atomic E-state index is 0.201. The summed E-state index contributed by atoms with van der Waals surface area (Å²) in [6, 6.07) is 8.50. The van der Waals surface area contributed by atoms with Gasteiger partial charge in [0.25, 0.3) is 0 Å². The molecule has 1 aromatic carbocycles. The van der Waals surface area contributed by atoms with Crippen molar-refractivity contribution < 1.29 is 5.11 Å². The van der Waals surface area contributed by atoms with Gasteiger partial charge in [0.1, 0.15) is 0 Å². The number of piperidine rings is 1. The van der Waals surface area contributed by atoms with Gasteiger partial charge in [-0.2, -0.15) is 0 Å². The highest BCUT2D eigenvalue weighted by Gasteiger charge is 2.24. The molecular weight excluding hydrogens is 280 g/mol. The second kappa shape index (κ2) is 5.96. The Labute approximate surface area is 111 Å². The van der Waals surface area contributed by atoms with Crippen molar-refractivity contribution in [1.82, 2.24) is 4.90 Å². The first-order valence-electron chi connectivity index (χ1n) is 6.08. The van der Waals surface area contributed by atoms with Crippen molar-refractivity contribution in [3.05, 3.63) is 34.3 Å². The Balaban J connectivity index is 2.12. The lowest BCUT2D eigenvalue weighted by Gasteiger charge is -2.36. The fourth-order valence-corrected chi connectivity index (χ4v) is 2.71. The number of hydrogen-bond donors (Lipinski definition) is 2. The zero-order valence-corrected chi connectivity index (χ0v) is 11.4. The molecule has 0 radical (unpaired) electrons. The van der Waals surface area contributed by atoms with Crippen molar-refractivity contribution in [1.29, 1.82) is 0 Å². The molecule has 0 bridgehead atoms. The van der Waals surface area contributed by atoms with Crippen LogP contribution in [0.3, 0.4) is 0 Å². The molecule has 0 aliphatic carbocycles. The average Bonchev–Trinajstić information content (AvgIpc) is 2.33. The van der Waals surface area contributed by atoms with Crippen LogP contribution in [0.2, 0.25) is 0 Å². The Bertz CT molecular complexity index is 355. The monoisotopic (exact) mass is 298 g/mol. The van der Waals surface area contributed by atoms with Crippen molar-refractivity contribution in [3.63, 3.8) is 0 Å². The number of aliphatic hydroxyl groups is 1. The Morgan fingerprint density at radius 1 is 1.41 bits per heavy atom. The molecule has 2 rings (SSSR count). The first-order valence-corrected chi connectivity index (χ1v) is 6.87. The molecule has 0 aromatic heterocycles. The van der Waals surface area contributed by atoms with Crippen LogP contribution < -0.4 is 5.73 Å². The molecule has 17 heavy (non-hydrogen) atoms. The molecule has 2 atom stereocenters. The summed E-state index contributed by atoms with van der Waals surface area (Å²) < 4.78 is 1.08. The number of β-amino-alcohol motifs (C(OH)–C–C–N with tert-alkyl or cyclic N) is 1. The molecule has 0 spiro atoms. The van der Waals surface area contributed by atoms with E-state index in [1.807, 2.05) is 12.1 Å². The fraction of sp³-hybridized carbons (Fsp3) is 0.538. The van der Waals surface area contributed by atoms with Crippen molar-refractivity contribution in [3.8, 4) is 0 Å². The van der Waals surface area contributed by atoms with E-state index in [0.717, 1.165) is 30.4 Å². The molecule has 0 saturated carbocycles. The van der Waals surface area contributed by atoms with Gasteiger partial charge in [0, 0.05) is 23.6 Å². The van der Waals surface area contributed by atoms with Crippen LogP contribution in [0.5, 0.6) is 0 Å². The van der Waals surface area contributed by atoms with Gasteiger partial charge < -0.3 is 10.8 Å². The summed E-state index contributed by atoms with van der Waals surface area (Å²) in [5, 5.41) is 9.73. The lowest BCUT2D eigenvalue weighted by Crippen LogP contribution is -2.43. The third-order valence-electron chi connectivity index (χ3n) is 3.35. The van der Waals surface area contributed by atoms with Crippen LogP contribution in [0.4, 0.5) is 0 Å². The van der Waals surface area contributed by atoms with E-state index in [9.17, 15) is 5.11 Å². The van der Waals surface area contributed by atoms with E-state index in [4.69, 9.17) is 5.73 Å². The van der Waals surface area contributed by atoms with Crippen LogP contribution in [0.25, 0.3) is 0 Å². The Kier molecular flexibility index (Phi) is 4.56. The second-order valence-electron chi connectivity index (χ2n) is 4.59. The largest absolute Gasteiger partial charge is 0.392 e. The summed E-state index contributed by atoms with van der Waals surface area (Å²) in [4.78, 5) is 2.29. The highest BCUT2D eigenvalue weighted by Crippen LogP contribution is 2.25. The van der Waals surface area contributed by atoms with Crippen LogP contribution in [0, 0.1) is 0 Å². The summed E-state index contributed by atoms with van der Waals surface area (Å²) >= 11 is 3.44. The molecule has 3 N–H and O–H groups in total. The number of nitrogens with two attached hydrogens (primary N) is 1. The van der Waals surface area contributed by atoms with Gasteiger partial charge in [-0.25, -0.2) is 0 Å². The SMILES string of the molecule is NCC(c1ccc(Br)cc1)N1CCCC(O)C1. The number of halogens is 1. The maximum absolute atomic E-state index is 9.73. The van der Waals surface area contributed by atoms with Gasteiger partial charge >= 0.3 is 0 Å². The van der Waals surface area contributed by atoms with E-state index < -0.39 is 0 Å². The molecular formula is C13H19BrN2O. The highest BCUT2D eigenvalue weighted by atomic mass is 79.9. The van der Waals surface area contributed by atoms with E-state index in [1.54, 1.807) is 0 Å². The standard InChI is InChI=1S/C13H19BrN2O/c14-11-5-3-10(4-6-11)13(8-15)16-7-1-2-12(17)9-16/h3-6,12-13,17H,1-2,7-9,15H2. The first-order chi connectivity index (χ1) is 8.20. The lowest BCUT2D eigenvalue weighted by molar-refractivity contribution is 0.0480. The zero-order valence-electron chi connectivity index (χ0n) is 9.85. The molecule has 1 aromatic rings. The van der Waals surface area contributed by atoms with Crippen LogP contribution in [0.15, 0.2) is 28.7 Å². The van der Waals surface area contributed by atoms with Crippen LogP contribution >= 0.6 is 15.9 Å². The summed E-state index contributed by atoms with van der Waals surface area (Å²) in [6.07, 6.45) is 1.76. The topological polar surface area (TPSA) is 49.5 Å². The normalized spacial score (nSPS) is 23.6. The van der Waals surface area contributed by atoms with Gasteiger partial charge in [-0.3, -0.25) is 4.90 Å². The molecule has 1 heterocycles. The molecule has 2 unspecified atom stereocenters. The Morgan fingerprint density at radius 2 is 2.12 bits per heavy atom. The van der Waals surface area contributed by atoms with Crippen LogP contribution in [0.1, 0.15) is 24.4 Å². The number of likely N-dealkylation sites (tertiary alicyclic amines) is 1. The number of nitrogens with zero attached hydrogens (tertiary/aromatic N) is 1. The summed E-state index contributed by atoms with van der Waals surface area (Å²) in [5.74, 6) is 0. The molecule has 0 amide bonds. The van der Waals surface area contributed by atoms with E-state index >= 15 is 0 Å². The van der Waals surface area contributed by atoms with Crippen molar-refractivity contribution in [2.24, 2.45) is 5.73 Å². The molecule has 1 fully saturated rings. The zero-order chi connectivity index (χ0) is 12.3. The fourth-order valence-electron chi connectivity index (χ4n) is 2.45. The van der Waals surface area contributed by atoms with Crippen LogP contribution in [-0.4, -0.2) is 35.7 Å². The predicted octanol–water partition coefficient (Wildman–Crippen LogP) is 1.91. The van der Waals surface area contributed by atoms with Crippen LogP contribution in [-0.2, 0) is 0 Å². The smallest absolute Gasteiger partial charge is 0.0667 e. The average molecular weight is 299 g/mol. The van der Waals surface area contributed by atoms with Gasteiger partial charge in [0.2, 0.25) is 0 Å². The number of hydrogen-bond acceptors (Lipinski definition) is 3. The van der Waals surface area contributed by atoms with Gasteiger partial charge in [-0.15, -0.1) is 0 Å². The second-order valence-corrected chi connectivity index (χ2v) is 5.51. The van der Waals surface area contributed by atoms with Gasteiger partial charge in [0.15, 0.2) is 0 Å². The predicted molar refractivity (Wildman–Crippen MR) is 72.8 cm³/mol.